The third-order valence-corrected chi connectivity index (χ3v) is 3.12. The monoisotopic (exact) mass is 162 g/mol. The summed E-state index contributed by atoms with van der Waals surface area (Å²) in [5, 5.41) is 0. The molecule has 0 bridgehead atoms. The van der Waals surface area contributed by atoms with Gasteiger partial charge in [0, 0.05) is 0 Å². The van der Waals surface area contributed by atoms with Gasteiger partial charge in [-0.05, 0) is 30.9 Å². The molecule has 0 atom stereocenters. The summed E-state index contributed by atoms with van der Waals surface area (Å²) in [6.45, 7) is 2.27. The quantitative estimate of drug-likeness (QED) is 0.544. The number of rotatable bonds is 5. The van der Waals surface area contributed by atoms with Gasteiger partial charge in [0.1, 0.15) is 0 Å². The molecule has 0 N–H and O–H groups in total. The zero-order valence-electron chi connectivity index (χ0n) is 7.94. The summed E-state index contributed by atoms with van der Waals surface area (Å²) in [5.74, 6) is 1.47. The van der Waals surface area contributed by atoms with Gasteiger partial charge in [0.2, 0.25) is 0 Å². The van der Waals surface area contributed by atoms with Crippen LogP contribution in [-0.2, 0) is 0 Å². The van der Waals surface area contributed by atoms with Crippen molar-refractivity contribution >= 4 is 10.0 Å². The van der Waals surface area contributed by atoms with Crippen molar-refractivity contribution in [2.45, 2.75) is 32.6 Å². The van der Waals surface area contributed by atoms with E-state index in [2.05, 4.69) is 25.7 Å². The zero-order chi connectivity index (χ0) is 8.04. The van der Waals surface area contributed by atoms with Crippen LogP contribution in [0.15, 0.2) is 0 Å². The van der Waals surface area contributed by atoms with Gasteiger partial charge in [-0.15, -0.1) is 0 Å². The van der Waals surface area contributed by atoms with Crippen LogP contribution in [0.3, 0.4) is 0 Å². The topological polar surface area (TPSA) is 0 Å². The lowest BCUT2D eigenvalue weighted by Crippen LogP contribution is -1.97. The van der Waals surface area contributed by atoms with Gasteiger partial charge in [-0.1, -0.05) is 26.2 Å². The van der Waals surface area contributed by atoms with Crippen LogP contribution in [0.2, 0.25) is 0 Å². The first-order chi connectivity index (χ1) is 4.56. The van der Waals surface area contributed by atoms with E-state index in [1.165, 1.54) is 31.4 Å². The smallest absolute Gasteiger partial charge is 0.0235 e. The molecule has 0 rings (SSSR count). The average Bonchev–Trinajstić information content (AvgIpc) is 1.78. The van der Waals surface area contributed by atoms with E-state index in [-0.39, 0.29) is 10.0 Å². The molecule has 0 aromatic heterocycles. The van der Waals surface area contributed by atoms with Crippen LogP contribution < -0.4 is 0 Å². The number of hydrogen-bond acceptors (Lipinski definition) is 0. The summed E-state index contributed by atoms with van der Waals surface area (Å²) in [6, 6.07) is 0. The van der Waals surface area contributed by atoms with E-state index >= 15 is 0 Å². The second-order valence-electron chi connectivity index (χ2n) is 3.86. The molecule has 0 amide bonds. The van der Waals surface area contributed by atoms with Gasteiger partial charge in [0.15, 0.2) is 0 Å². The average molecular weight is 162 g/mol. The molecule has 0 aliphatic heterocycles. The number of hydrogen-bond donors (Lipinski definition) is 0. The molecule has 64 valence electrons. The summed E-state index contributed by atoms with van der Waals surface area (Å²) in [6.07, 6.45) is 12.9. The minimum Gasteiger partial charge on any atom is -0.250 e. The summed E-state index contributed by atoms with van der Waals surface area (Å²) in [7, 11) is -0.205. The van der Waals surface area contributed by atoms with E-state index in [4.69, 9.17) is 0 Å². The van der Waals surface area contributed by atoms with Gasteiger partial charge in [-0.25, -0.2) is 10.0 Å². The second kappa shape index (κ2) is 5.06. The van der Waals surface area contributed by atoms with Gasteiger partial charge in [0.25, 0.3) is 0 Å². The first kappa shape index (κ1) is 10.3. The lowest BCUT2D eigenvalue weighted by Gasteiger charge is -2.24. The van der Waals surface area contributed by atoms with Crippen molar-refractivity contribution in [1.29, 1.82) is 0 Å². The summed E-state index contributed by atoms with van der Waals surface area (Å²) < 4.78 is 0. The molecule has 1 heteroatoms. The molecule has 0 unspecified atom stereocenters. The zero-order valence-corrected chi connectivity index (χ0v) is 8.76. The molecule has 0 saturated heterocycles. The Morgan fingerprint density at radius 1 is 0.900 bits per heavy atom. The molecule has 0 fully saturated rings. The van der Waals surface area contributed by atoms with Crippen molar-refractivity contribution in [2.75, 3.05) is 24.5 Å². The third kappa shape index (κ3) is 8.35. The molecule has 0 aliphatic rings. The molecule has 0 radical (unpaired) electrons. The lowest BCUT2D eigenvalue weighted by molar-refractivity contribution is 0.705. The van der Waals surface area contributed by atoms with E-state index in [1.807, 2.05) is 0 Å². The third-order valence-electron chi connectivity index (χ3n) is 1.61. The lowest BCUT2D eigenvalue weighted by atomic mass is 10.2. The molecule has 0 spiro atoms. The van der Waals surface area contributed by atoms with Crippen molar-refractivity contribution in [1.82, 2.24) is 0 Å². The van der Waals surface area contributed by atoms with Crippen molar-refractivity contribution in [2.24, 2.45) is 0 Å². The normalized spacial score (nSPS) is 13.6. The van der Waals surface area contributed by atoms with Gasteiger partial charge in [0.05, 0.1) is 0 Å². The minimum absolute atomic E-state index is 0.205. The van der Waals surface area contributed by atoms with E-state index in [9.17, 15) is 0 Å². The predicted octanol–water partition coefficient (Wildman–Crippen LogP) is 3.26. The molecule has 0 aromatic carbocycles. The summed E-state index contributed by atoms with van der Waals surface area (Å²) in [5.41, 5.74) is 0. The highest BCUT2D eigenvalue weighted by atomic mass is 32.3. The molecule has 0 heterocycles. The van der Waals surface area contributed by atoms with Gasteiger partial charge in [-0.3, -0.25) is 0 Å². The Labute approximate surface area is 67.7 Å². The van der Waals surface area contributed by atoms with Crippen molar-refractivity contribution < 1.29 is 0 Å². The van der Waals surface area contributed by atoms with Crippen molar-refractivity contribution in [3.05, 3.63) is 0 Å². The van der Waals surface area contributed by atoms with E-state index in [1.54, 1.807) is 0 Å². The first-order valence-electron chi connectivity index (χ1n) is 4.22. The molecular weight excluding hydrogens is 140 g/mol. The maximum Gasteiger partial charge on any atom is -0.0235 e. The van der Waals surface area contributed by atoms with Crippen LogP contribution in [0.25, 0.3) is 0 Å². The second-order valence-corrected chi connectivity index (χ2v) is 8.45. The number of unbranched alkanes of at least 4 members (excludes halogenated alkanes) is 3. The predicted molar refractivity (Wildman–Crippen MR) is 54.4 cm³/mol. The van der Waals surface area contributed by atoms with Crippen LogP contribution in [0.1, 0.15) is 32.6 Å². The Balaban J connectivity index is 3.04. The SMILES string of the molecule is CCCCCCS(C)(C)C. The Hall–Kier alpha value is 0.350. The standard InChI is InChI=1S/C9H22S/c1-5-6-7-8-9-10(2,3)4/h5-9H2,1-4H3. The molecule has 0 saturated carbocycles. The molecule has 0 aliphatic carbocycles. The highest BCUT2D eigenvalue weighted by Gasteiger charge is 2.01. The largest absolute Gasteiger partial charge is 0.250 e. The Bertz CT molecular complexity index is 71.3. The van der Waals surface area contributed by atoms with E-state index < -0.39 is 0 Å². The van der Waals surface area contributed by atoms with E-state index in [0.29, 0.717) is 0 Å². The van der Waals surface area contributed by atoms with Crippen LogP contribution in [0, 0.1) is 0 Å². The van der Waals surface area contributed by atoms with Crippen LogP contribution in [0.4, 0.5) is 0 Å². The highest BCUT2D eigenvalue weighted by Crippen LogP contribution is 2.35. The molecule has 0 nitrogen and oxygen atoms in total. The van der Waals surface area contributed by atoms with Crippen LogP contribution >= 0.6 is 10.0 Å². The van der Waals surface area contributed by atoms with E-state index in [0.717, 1.165) is 0 Å². The van der Waals surface area contributed by atoms with Crippen LogP contribution in [-0.4, -0.2) is 24.5 Å². The first-order valence-corrected chi connectivity index (χ1v) is 7.25. The fourth-order valence-electron chi connectivity index (χ4n) is 0.962. The molecule has 0 aromatic rings. The minimum atomic E-state index is -0.205. The van der Waals surface area contributed by atoms with Crippen molar-refractivity contribution in [3.63, 3.8) is 0 Å². The highest BCUT2D eigenvalue weighted by molar-refractivity contribution is 8.32. The molecular formula is C9H22S. The van der Waals surface area contributed by atoms with Crippen molar-refractivity contribution in [3.8, 4) is 0 Å². The van der Waals surface area contributed by atoms with Gasteiger partial charge in [-0.2, -0.15) is 0 Å². The molecule has 10 heavy (non-hydrogen) atoms. The Morgan fingerprint density at radius 3 is 1.90 bits per heavy atom. The fourth-order valence-corrected chi connectivity index (χ4v) is 2.03. The van der Waals surface area contributed by atoms with Gasteiger partial charge < -0.3 is 0 Å². The van der Waals surface area contributed by atoms with Crippen LogP contribution in [0.5, 0.6) is 0 Å². The maximum atomic E-state index is 2.40. The Kier molecular flexibility index (Phi) is 5.24. The maximum absolute atomic E-state index is 2.40. The summed E-state index contributed by atoms with van der Waals surface area (Å²) >= 11 is 0. The fraction of sp³-hybridized carbons (Fsp3) is 1.00. The Morgan fingerprint density at radius 2 is 1.50 bits per heavy atom. The summed E-state index contributed by atoms with van der Waals surface area (Å²) in [4.78, 5) is 0. The van der Waals surface area contributed by atoms with Gasteiger partial charge >= 0.3 is 0 Å².